The van der Waals surface area contributed by atoms with Gasteiger partial charge in [0.1, 0.15) is 19.0 Å². The minimum Gasteiger partial charge on any atom is -0.456 e. The Hall–Kier alpha value is -1.37. The molecule has 0 aromatic carbocycles. The largest absolute Gasteiger partial charge is 0.456 e. The topological polar surface area (TPSA) is 39.4 Å². The first kappa shape index (κ1) is 12.7. The summed E-state index contributed by atoms with van der Waals surface area (Å²) in [6, 6.07) is 2.65. The molecule has 1 aromatic rings. The second-order valence-corrected chi connectivity index (χ2v) is 2.98. The number of ether oxygens (including phenoxy) is 1. The Morgan fingerprint density at radius 3 is 2.62 bits per heavy atom. The van der Waals surface area contributed by atoms with Crippen LogP contribution in [0.5, 0.6) is 0 Å². The van der Waals surface area contributed by atoms with Gasteiger partial charge in [-0.1, -0.05) is 0 Å². The van der Waals surface area contributed by atoms with E-state index in [2.05, 4.69) is 4.74 Å². The van der Waals surface area contributed by atoms with Gasteiger partial charge in [0.25, 0.3) is 0 Å². The Kier molecular flexibility index (Phi) is 4.05. The Morgan fingerprint density at radius 1 is 1.44 bits per heavy atom. The molecule has 1 heterocycles. The fourth-order valence-electron chi connectivity index (χ4n) is 0.886. The number of alkyl halides is 4. The van der Waals surface area contributed by atoms with Gasteiger partial charge in [0.2, 0.25) is 0 Å². The average Bonchev–Trinajstić information content (AvgIpc) is 2.65. The molecular formula is C9H8F4O3. The molecule has 0 fully saturated rings. The van der Waals surface area contributed by atoms with Crippen LogP contribution < -0.4 is 0 Å². The summed E-state index contributed by atoms with van der Waals surface area (Å²) in [6.45, 7) is -1.79. The molecule has 0 aliphatic rings. The number of rotatable bonds is 6. The van der Waals surface area contributed by atoms with Gasteiger partial charge in [-0.3, -0.25) is 4.79 Å². The third-order valence-corrected chi connectivity index (χ3v) is 1.66. The van der Waals surface area contributed by atoms with Crippen LogP contribution in [-0.2, 0) is 11.3 Å². The van der Waals surface area contributed by atoms with E-state index in [4.69, 9.17) is 4.42 Å². The van der Waals surface area contributed by atoms with Crippen molar-refractivity contribution in [1.29, 1.82) is 0 Å². The summed E-state index contributed by atoms with van der Waals surface area (Å²) in [5, 5.41) is 0. The summed E-state index contributed by atoms with van der Waals surface area (Å²) in [5.74, 6) is -4.05. The van der Waals surface area contributed by atoms with Gasteiger partial charge in [0.15, 0.2) is 12.0 Å². The maximum Gasteiger partial charge on any atom is 0.330 e. The van der Waals surface area contributed by atoms with E-state index in [0.29, 0.717) is 6.29 Å². The van der Waals surface area contributed by atoms with Crippen LogP contribution in [0.3, 0.4) is 0 Å². The van der Waals surface area contributed by atoms with Gasteiger partial charge in [-0.05, 0) is 12.1 Å². The highest BCUT2D eigenvalue weighted by Crippen LogP contribution is 2.23. The van der Waals surface area contributed by atoms with E-state index >= 15 is 0 Å². The molecule has 7 heteroatoms. The predicted octanol–water partition coefficient (Wildman–Crippen LogP) is 2.51. The van der Waals surface area contributed by atoms with Gasteiger partial charge in [-0.25, -0.2) is 8.78 Å². The molecule has 0 atom stereocenters. The van der Waals surface area contributed by atoms with Gasteiger partial charge in [0.05, 0.1) is 0 Å². The number of furan rings is 1. The zero-order valence-electron chi connectivity index (χ0n) is 7.96. The highest BCUT2D eigenvalue weighted by atomic mass is 19.3. The first-order chi connectivity index (χ1) is 7.45. The Morgan fingerprint density at radius 2 is 2.12 bits per heavy atom. The lowest BCUT2D eigenvalue weighted by Gasteiger charge is -2.14. The molecule has 0 N–H and O–H groups in total. The summed E-state index contributed by atoms with van der Waals surface area (Å²) in [5.41, 5.74) is 0. The molecule has 16 heavy (non-hydrogen) atoms. The van der Waals surface area contributed by atoms with E-state index in [9.17, 15) is 22.4 Å². The molecule has 0 radical (unpaired) electrons. The molecule has 1 rings (SSSR count). The zero-order valence-corrected chi connectivity index (χ0v) is 7.96. The van der Waals surface area contributed by atoms with E-state index in [1.54, 1.807) is 0 Å². The van der Waals surface area contributed by atoms with Crippen LogP contribution in [0.25, 0.3) is 0 Å². The number of hydrogen-bond acceptors (Lipinski definition) is 3. The summed E-state index contributed by atoms with van der Waals surface area (Å²) in [4.78, 5) is 10.2. The summed E-state index contributed by atoms with van der Waals surface area (Å²) in [6.07, 6.45) is -3.34. The van der Waals surface area contributed by atoms with Crippen molar-refractivity contribution in [2.75, 3.05) is 6.61 Å². The molecule has 0 saturated carbocycles. The van der Waals surface area contributed by atoms with Crippen LogP contribution in [0.2, 0.25) is 0 Å². The molecule has 0 aliphatic heterocycles. The summed E-state index contributed by atoms with van der Waals surface area (Å²) >= 11 is 0. The monoisotopic (exact) mass is 240 g/mol. The van der Waals surface area contributed by atoms with Crippen molar-refractivity contribution in [2.45, 2.75) is 19.0 Å². The summed E-state index contributed by atoms with van der Waals surface area (Å²) in [7, 11) is 0. The SMILES string of the molecule is O=Cc1ccc(COCC(F)(F)C(F)F)o1. The number of carbonyl (C=O) groups excluding carboxylic acids is 1. The van der Waals surface area contributed by atoms with Crippen LogP contribution in [0.1, 0.15) is 16.3 Å². The smallest absolute Gasteiger partial charge is 0.330 e. The van der Waals surface area contributed by atoms with E-state index in [1.807, 2.05) is 0 Å². The fraction of sp³-hybridized carbons (Fsp3) is 0.444. The van der Waals surface area contributed by atoms with Crippen molar-refractivity contribution in [3.05, 3.63) is 23.7 Å². The first-order valence-electron chi connectivity index (χ1n) is 4.23. The lowest BCUT2D eigenvalue weighted by Crippen LogP contribution is -2.32. The second-order valence-electron chi connectivity index (χ2n) is 2.98. The minimum atomic E-state index is -4.18. The first-order valence-corrected chi connectivity index (χ1v) is 4.23. The van der Waals surface area contributed by atoms with Crippen LogP contribution in [0.4, 0.5) is 17.6 Å². The van der Waals surface area contributed by atoms with Crippen LogP contribution in [-0.4, -0.2) is 25.2 Å². The van der Waals surface area contributed by atoms with Crippen LogP contribution in [0, 0.1) is 0 Å². The third-order valence-electron chi connectivity index (χ3n) is 1.66. The molecule has 3 nitrogen and oxygen atoms in total. The maximum atomic E-state index is 12.4. The van der Waals surface area contributed by atoms with Crippen molar-refractivity contribution in [2.24, 2.45) is 0 Å². The Bertz CT molecular complexity index is 348. The Balaban J connectivity index is 2.38. The van der Waals surface area contributed by atoms with E-state index < -0.39 is 25.6 Å². The molecule has 0 bridgehead atoms. The highest BCUT2D eigenvalue weighted by Gasteiger charge is 2.40. The number of halogens is 4. The predicted molar refractivity (Wildman–Crippen MR) is 44.7 cm³/mol. The van der Waals surface area contributed by atoms with Crippen LogP contribution >= 0.6 is 0 Å². The third kappa shape index (κ3) is 3.34. The normalized spacial score (nSPS) is 12.1. The molecule has 0 spiro atoms. The van der Waals surface area contributed by atoms with Crippen molar-refractivity contribution in [3.63, 3.8) is 0 Å². The minimum absolute atomic E-state index is 0.0132. The van der Waals surface area contributed by atoms with Gasteiger partial charge < -0.3 is 9.15 Å². The maximum absolute atomic E-state index is 12.4. The van der Waals surface area contributed by atoms with E-state index in [1.165, 1.54) is 12.1 Å². The number of carbonyl (C=O) groups is 1. The quantitative estimate of drug-likeness (QED) is 0.566. The molecule has 1 aromatic heterocycles. The highest BCUT2D eigenvalue weighted by molar-refractivity contribution is 5.70. The Labute approximate surface area is 88.0 Å². The molecule has 0 aliphatic carbocycles. The standard InChI is InChI=1S/C9H8F4O3/c10-8(11)9(12,13)5-15-4-7-2-1-6(3-14)16-7/h1-3,8H,4-5H2. The van der Waals surface area contributed by atoms with E-state index in [0.717, 1.165) is 0 Å². The molecule has 0 amide bonds. The van der Waals surface area contributed by atoms with Crippen molar-refractivity contribution in [1.82, 2.24) is 0 Å². The number of aldehydes is 1. The molecule has 90 valence electrons. The van der Waals surface area contributed by atoms with Crippen LogP contribution in [0.15, 0.2) is 16.5 Å². The molecule has 0 unspecified atom stereocenters. The zero-order chi connectivity index (χ0) is 12.2. The lowest BCUT2D eigenvalue weighted by molar-refractivity contribution is -0.169. The van der Waals surface area contributed by atoms with Crippen molar-refractivity contribution >= 4 is 6.29 Å². The fourth-order valence-corrected chi connectivity index (χ4v) is 0.886. The van der Waals surface area contributed by atoms with Gasteiger partial charge in [-0.15, -0.1) is 0 Å². The second kappa shape index (κ2) is 5.11. The molecule has 0 saturated heterocycles. The van der Waals surface area contributed by atoms with E-state index in [-0.39, 0.29) is 11.5 Å². The average molecular weight is 240 g/mol. The lowest BCUT2D eigenvalue weighted by atomic mass is 10.4. The van der Waals surface area contributed by atoms with Gasteiger partial charge in [0, 0.05) is 0 Å². The van der Waals surface area contributed by atoms with Gasteiger partial charge in [-0.2, -0.15) is 8.78 Å². The van der Waals surface area contributed by atoms with Crippen molar-refractivity contribution in [3.8, 4) is 0 Å². The number of hydrogen-bond donors (Lipinski definition) is 0. The molecular weight excluding hydrogens is 232 g/mol. The summed E-state index contributed by atoms with van der Waals surface area (Å²) < 4.78 is 57.3. The van der Waals surface area contributed by atoms with Gasteiger partial charge >= 0.3 is 12.3 Å². The van der Waals surface area contributed by atoms with Crippen molar-refractivity contribution < 1.29 is 31.5 Å².